The molecule has 0 N–H and O–H groups in total. The molecule has 2 aliphatic heterocycles. The second kappa shape index (κ2) is 4.62. The summed E-state index contributed by atoms with van der Waals surface area (Å²) in [5.74, 6) is 0. The van der Waals surface area contributed by atoms with Crippen LogP contribution in [0.5, 0.6) is 0 Å². The summed E-state index contributed by atoms with van der Waals surface area (Å²) in [5.41, 5.74) is 1.34. The van der Waals surface area contributed by atoms with E-state index in [1.807, 2.05) is 10.9 Å². The topological polar surface area (TPSA) is 21.1 Å². The molecule has 1 aromatic rings. The van der Waals surface area contributed by atoms with E-state index in [2.05, 4.69) is 23.1 Å². The number of fused-ring (bicyclic) bond motifs is 2. The first kappa shape index (κ1) is 11.5. The Morgan fingerprint density at radius 2 is 2.06 bits per heavy atom. The lowest BCUT2D eigenvalue weighted by atomic mass is 10.0. The molecule has 94 valence electrons. The third-order valence-electron chi connectivity index (χ3n) is 4.20. The number of aryl methyl sites for hydroxylation is 1. The fourth-order valence-corrected chi connectivity index (χ4v) is 3.75. The Morgan fingerprint density at radius 1 is 1.35 bits per heavy atom. The maximum Gasteiger partial charge on any atom is 0.0534 e. The van der Waals surface area contributed by atoms with E-state index in [9.17, 15) is 0 Å². The lowest BCUT2D eigenvalue weighted by molar-refractivity contribution is 0.134. The van der Waals surface area contributed by atoms with E-state index in [0.29, 0.717) is 17.5 Å². The molecular weight excluding hydrogens is 234 g/mol. The summed E-state index contributed by atoms with van der Waals surface area (Å²) in [6.07, 6.45) is 9.17. The number of hydrogen-bond acceptors (Lipinski definition) is 2. The van der Waals surface area contributed by atoms with Gasteiger partial charge in [-0.05, 0) is 32.6 Å². The zero-order valence-corrected chi connectivity index (χ0v) is 11.1. The van der Waals surface area contributed by atoms with Gasteiger partial charge in [0.05, 0.1) is 6.20 Å². The smallest absolute Gasteiger partial charge is 0.0534 e. The molecule has 0 amide bonds. The highest BCUT2D eigenvalue weighted by Gasteiger charge is 2.39. The van der Waals surface area contributed by atoms with Crippen LogP contribution in [-0.2, 0) is 13.1 Å². The van der Waals surface area contributed by atoms with Gasteiger partial charge in [-0.15, -0.1) is 11.6 Å². The quantitative estimate of drug-likeness (QED) is 0.773. The van der Waals surface area contributed by atoms with Crippen molar-refractivity contribution in [2.24, 2.45) is 0 Å². The summed E-state index contributed by atoms with van der Waals surface area (Å²) in [5, 5.41) is 4.75. The zero-order valence-electron chi connectivity index (χ0n) is 10.3. The van der Waals surface area contributed by atoms with Crippen molar-refractivity contribution in [2.75, 3.05) is 0 Å². The summed E-state index contributed by atoms with van der Waals surface area (Å²) < 4.78 is 2.01. The number of aromatic nitrogens is 2. The summed E-state index contributed by atoms with van der Waals surface area (Å²) in [7, 11) is 0. The second-order valence-corrected chi connectivity index (χ2v) is 5.95. The van der Waals surface area contributed by atoms with Gasteiger partial charge in [-0.1, -0.05) is 0 Å². The first-order valence-electron chi connectivity index (χ1n) is 6.67. The van der Waals surface area contributed by atoms with Crippen molar-refractivity contribution in [3.63, 3.8) is 0 Å². The maximum absolute atomic E-state index is 6.30. The minimum Gasteiger partial charge on any atom is -0.293 e. The molecule has 3 heterocycles. The van der Waals surface area contributed by atoms with E-state index in [4.69, 9.17) is 11.6 Å². The molecule has 3 rings (SSSR count). The molecule has 2 atom stereocenters. The van der Waals surface area contributed by atoms with Crippen LogP contribution < -0.4 is 0 Å². The fourth-order valence-electron chi connectivity index (χ4n) is 3.34. The molecule has 0 aliphatic carbocycles. The van der Waals surface area contributed by atoms with E-state index in [-0.39, 0.29) is 0 Å². The first-order chi connectivity index (χ1) is 8.26. The van der Waals surface area contributed by atoms with Gasteiger partial charge in [-0.2, -0.15) is 5.10 Å². The third-order valence-corrected chi connectivity index (χ3v) is 4.56. The normalized spacial score (nSPS) is 33.2. The van der Waals surface area contributed by atoms with Crippen LogP contribution in [0.4, 0.5) is 0 Å². The SMILES string of the molecule is CCn1cc(CN2C3CCC2CC(Cl)C3)cn1. The van der Waals surface area contributed by atoms with Gasteiger partial charge in [0.1, 0.15) is 0 Å². The molecular formula is C13H20ClN3. The molecule has 0 radical (unpaired) electrons. The lowest BCUT2D eigenvalue weighted by Gasteiger charge is -2.36. The molecule has 2 aliphatic rings. The van der Waals surface area contributed by atoms with Gasteiger partial charge >= 0.3 is 0 Å². The zero-order chi connectivity index (χ0) is 11.8. The number of halogens is 1. The summed E-state index contributed by atoms with van der Waals surface area (Å²) in [6, 6.07) is 1.42. The Labute approximate surface area is 108 Å². The standard InChI is InChI=1S/C13H20ClN3/c1-2-16-8-10(7-15-16)9-17-12-3-4-13(17)6-11(14)5-12/h7-8,11-13H,2-6,9H2,1H3. The molecule has 1 aromatic heterocycles. The predicted molar refractivity (Wildman–Crippen MR) is 69.1 cm³/mol. The van der Waals surface area contributed by atoms with Crippen LogP contribution in [0.3, 0.4) is 0 Å². The van der Waals surface area contributed by atoms with Gasteiger partial charge in [0, 0.05) is 42.3 Å². The first-order valence-corrected chi connectivity index (χ1v) is 7.11. The maximum atomic E-state index is 6.30. The molecule has 2 bridgehead atoms. The average Bonchev–Trinajstić information content (AvgIpc) is 2.85. The molecule has 3 nitrogen and oxygen atoms in total. The highest BCUT2D eigenvalue weighted by molar-refractivity contribution is 6.20. The Balaban J connectivity index is 1.69. The van der Waals surface area contributed by atoms with Crippen molar-refractivity contribution in [3.8, 4) is 0 Å². The number of rotatable bonds is 3. The molecule has 0 spiro atoms. The summed E-state index contributed by atoms with van der Waals surface area (Å²) in [4.78, 5) is 2.65. The lowest BCUT2D eigenvalue weighted by Crippen LogP contribution is -2.42. The van der Waals surface area contributed by atoms with Gasteiger partial charge in [-0.25, -0.2) is 0 Å². The molecule has 17 heavy (non-hydrogen) atoms. The summed E-state index contributed by atoms with van der Waals surface area (Å²) in [6.45, 7) is 4.13. The van der Waals surface area contributed by atoms with Gasteiger partial charge in [0.15, 0.2) is 0 Å². The van der Waals surface area contributed by atoms with E-state index in [1.54, 1.807) is 0 Å². The Hall–Kier alpha value is -0.540. The van der Waals surface area contributed by atoms with Gasteiger partial charge in [-0.3, -0.25) is 9.58 Å². The second-order valence-electron chi connectivity index (χ2n) is 5.33. The summed E-state index contributed by atoms with van der Waals surface area (Å²) >= 11 is 6.30. The fraction of sp³-hybridized carbons (Fsp3) is 0.769. The van der Waals surface area contributed by atoms with Crippen LogP contribution in [0.1, 0.15) is 38.2 Å². The Kier molecular flexibility index (Phi) is 3.14. The predicted octanol–water partition coefficient (Wildman–Crippen LogP) is 2.64. The van der Waals surface area contributed by atoms with E-state index < -0.39 is 0 Å². The van der Waals surface area contributed by atoms with Crippen molar-refractivity contribution >= 4 is 11.6 Å². The number of piperidine rings is 1. The van der Waals surface area contributed by atoms with E-state index in [0.717, 1.165) is 13.1 Å². The van der Waals surface area contributed by atoms with Gasteiger partial charge in [0.2, 0.25) is 0 Å². The van der Waals surface area contributed by atoms with Crippen LogP contribution in [0.2, 0.25) is 0 Å². The number of hydrogen-bond donors (Lipinski definition) is 0. The van der Waals surface area contributed by atoms with Crippen molar-refractivity contribution in [2.45, 2.75) is 63.2 Å². The van der Waals surface area contributed by atoms with Crippen molar-refractivity contribution in [1.29, 1.82) is 0 Å². The molecule has 0 aromatic carbocycles. The van der Waals surface area contributed by atoms with Crippen molar-refractivity contribution < 1.29 is 0 Å². The molecule has 4 heteroatoms. The van der Waals surface area contributed by atoms with Crippen LogP contribution in [0.25, 0.3) is 0 Å². The number of alkyl halides is 1. The minimum absolute atomic E-state index is 0.405. The van der Waals surface area contributed by atoms with Crippen LogP contribution >= 0.6 is 11.6 Å². The van der Waals surface area contributed by atoms with Gasteiger partial charge < -0.3 is 0 Å². The van der Waals surface area contributed by atoms with Gasteiger partial charge in [0.25, 0.3) is 0 Å². The molecule has 2 fully saturated rings. The van der Waals surface area contributed by atoms with Crippen LogP contribution in [0, 0.1) is 0 Å². The van der Waals surface area contributed by atoms with Crippen molar-refractivity contribution in [1.82, 2.24) is 14.7 Å². The van der Waals surface area contributed by atoms with Crippen LogP contribution in [0.15, 0.2) is 12.4 Å². The molecule has 0 saturated carbocycles. The Morgan fingerprint density at radius 3 is 2.65 bits per heavy atom. The minimum atomic E-state index is 0.405. The number of nitrogens with zero attached hydrogens (tertiary/aromatic N) is 3. The highest BCUT2D eigenvalue weighted by atomic mass is 35.5. The van der Waals surface area contributed by atoms with Crippen LogP contribution in [-0.4, -0.2) is 32.1 Å². The monoisotopic (exact) mass is 253 g/mol. The van der Waals surface area contributed by atoms with E-state index in [1.165, 1.54) is 31.2 Å². The van der Waals surface area contributed by atoms with E-state index >= 15 is 0 Å². The molecule has 2 saturated heterocycles. The van der Waals surface area contributed by atoms with Crippen molar-refractivity contribution in [3.05, 3.63) is 18.0 Å². The third kappa shape index (κ3) is 2.23. The largest absolute Gasteiger partial charge is 0.293 e. The Bertz CT molecular complexity index is 376. The highest BCUT2D eigenvalue weighted by Crippen LogP contribution is 2.38. The molecule has 2 unspecified atom stereocenters. The average molecular weight is 254 g/mol.